The predicted molar refractivity (Wildman–Crippen MR) is 129 cm³/mol. The third-order valence-electron chi connectivity index (χ3n) is 5.80. The molecule has 0 radical (unpaired) electrons. The van der Waals surface area contributed by atoms with Crippen LogP contribution in [-0.2, 0) is 16.6 Å². The van der Waals surface area contributed by atoms with Crippen LogP contribution in [0.25, 0.3) is 0 Å². The first-order chi connectivity index (χ1) is 16.2. The molecule has 1 aliphatic rings. The quantitative estimate of drug-likeness (QED) is 0.529. The van der Waals surface area contributed by atoms with Gasteiger partial charge in [-0.15, -0.1) is 0 Å². The van der Waals surface area contributed by atoms with Gasteiger partial charge in [0.05, 0.1) is 21.8 Å². The summed E-state index contributed by atoms with van der Waals surface area (Å²) in [5, 5.41) is 9.43. The molecule has 1 fully saturated rings. The van der Waals surface area contributed by atoms with Crippen LogP contribution in [0.15, 0.2) is 71.6 Å². The number of rotatable bonds is 7. The Labute approximate surface area is 198 Å². The maximum Gasteiger partial charge on any atom is 0.335 e. The number of carboxylic acids is 1. The number of anilines is 2. The summed E-state index contributed by atoms with van der Waals surface area (Å²) in [6, 6.07) is 17.5. The van der Waals surface area contributed by atoms with E-state index in [1.807, 2.05) is 11.0 Å². The van der Waals surface area contributed by atoms with Crippen LogP contribution in [0.4, 0.5) is 15.8 Å². The highest BCUT2D eigenvalue weighted by Crippen LogP contribution is 2.31. The number of piperazine rings is 1. The maximum atomic E-state index is 13.5. The molecule has 0 amide bonds. The van der Waals surface area contributed by atoms with Gasteiger partial charge in [0.1, 0.15) is 5.82 Å². The van der Waals surface area contributed by atoms with Crippen LogP contribution in [0.5, 0.6) is 0 Å². The zero-order valence-electron chi connectivity index (χ0n) is 18.7. The molecule has 1 heterocycles. The van der Waals surface area contributed by atoms with Crippen molar-refractivity contribution in [2.45, 2.75) is 18.4 Å². The van der Waals surface area contributed by atoms with Gasteiger partial charge in [0.25, 0.3) is 10.0 Å². The normalized spacial score (nSPS) is 14.7. The Hall–Kier alpha value is -3.43. The molecule has 3 aromatic carbocycles. The zero-order valence-corrected chi connectivity index (χ0v) is 19.6. The van der Waals surface area contributed by atoms with Gasteiger partial charge >= 0.3 is 5.97 Å². The average Bonchev–Trinajstić information content (AvgIpc) is 2.79. The van der Waals surface area contributed by atoms with Crippen LogP contribution in [-0.4, -0.2) is 50.6 Å². The van der Waals surface area contributed by atoms with Crippen molar-refractivity contribution in [1.82, 2.24) is 4.90 Å². The molecule has 0 aliphatic carbocycles. The minimum Gasteiger partial charge on any atom is -0.478 e. The first kappa shape index (κ1) is 23.7. The Morgan fingerprint density at radius 3 is 2.41 bits per heavy atom. The number of benzene rings is 3. The van der Waals surface area contributed by atoms with Crippen LogP contribution >= 0.6 is 0 Å². The van der Waals surface area contributed by atoms with E-state index in [0.717, 1.165) is 11.1 Å². The second-order valence-electron chi connectivity index (χ2n) is 8.35. The molecule has 178 valence electrons. The van der Waals surface area contributed by atoms with Crippen LogP contribution < -0.4 is 9.62 Å². The molecule has 9 heteroatoms. The molecular weight excluding hydrogens is 457 g/mol. The van der Waals surface area contributed by atoms with Crippen molar-refractivity contribution < 1.29 is 22.7 Å². The molecule has 34 heavy (non-hydrogen) atoms. The van der Waals surface area contributed by atoms with Crippen LogP contribution in [0.2, 0.25) is 0 Å². The number of nitrogens with one attached hydrogen (secondary N) is 1. The highest BCUT2D eigenvalue weighted by molar-refractivity contribution is 7.92. The third kappa shape index (κ3) is 5.55. The SMILES string of the molecule is Cc1cccc(S(=O)(=O)Nc2cc(C(=O)O)ccc2N2CCN(Cc3cccc(F)c3)CC2)c1. The lowest BCUT2D eigenvalue weighted by atomic mass is 10.1. The molecule has 1 saturated heterocycles. The zero-order chi connectivity index (χ0) is 24.3. The second kappa shape index (κ2) is 9.82. The van der Waals surface area contributed by atoms with Crippen molar-refractivity contribution >= 4 is 27.4 Å². The Morgan fingerprint density at radius 1 is 1.00 bits per heavy atom. The van der Waals surface area contributed by atoms with Crippen molar-refractivity contribution in [1.29, 1.82) is 0 Å². The Bertz CT molecular complexity index is 1310. The van der Waals surface area contributed by atoms with Crippen molar-refractivity contribution in [3.05, 3.63) is 89.2 Å². The summed E-state index contributed by atoms with van der Waals surface area (Å²) in [6.45, 7) is 5.04. The van der Waals surface area contributed by atoms with Gasteiger partial charge in [-0.25, -0.2) is 17.6 Å². The summed E-state index contributed by atoms with van der Waals surface area (Å²) in [5.74, 6) is -1.40. The lowest BCUT2D eigenvalue weighted by Gasteiger charge is -2.37. The Morgan fingerprint density at radius 2 is 1.74 bits per heavy atom. The van der Waals surface area contributed by atoms with Gasteiger partial charge in [0.2, 0.25) is 0 Å². The average molecular weight is 484 g/mol. The Kier molecular flexibility index (Phi) is 6.85. The van der Waals surface area contributed by atoms with Gasteiger partial charge in [-0.3, -0.25) is 9.62 Å². The summed E-state index contributed by atoms with van der Waals surface area (Å²) in [7, 11) is -3.91. The molecule has 3 aromatic rings. The lowest BCUT2D eigenvalue weighted by Crippen LogP contribution is -2.46. The van der Waals surface area contributed by atoms with Crippen molar-refractivity contribution in [3.8, 4) is 0 Å². The van der Waals surface area contributed by atoms with Crippen molar-refractivity contribution in [2.24, 2.45) is 0 Å². The van der Waals surface area contributed by atoms with E-state index in [0.29, 0.717) is 38.4 Å². The number of sulfonamides is 1. The molecule has 0 spiro atoms. The standard InChI is InChI=1S/C25H26FN3O4S/c1-18-4-2-7-22(14-18)34(32,33)27-23-16-20(25(30)31)8-9-24(23)29-12-10-28(11-13-29)17-19-5-3-6-21(26)15-19/h2-9,14-16,27H,10-13,17H2,1H3,(H,30,31). The fourth-order valence-electron chi connectivity index (χ4n) is 4.05. The molecular formula is C25H26FN3O4S. The predicted octanol–water partition coefficient (Wildman–Crippen LogP) is 3.96. The highest BCUT2D eigenvalue weighted by atomic mass is 32.2. The van der Waals surface area contributed by atoms with E-state index in [1.54, 1.807) is 37.3 Å². The number of aryl methyl sites for hydroxylation is 1. The van der Waals surface area contributed by atoms with Gasteiger partial charge < -0.3 is 10.0 Å². The van der Waals surface area contributed by atoms with Crippen LogP contribution in [0.1, 0.15) is 21.5 Å². The topological polar surface area (TPSA) is 89.9 Å². The van der Waals surface area contributed by atoms with E-state index in [9.17, 15) is 22.7 Å². The van der Waals surface area contributed by atoms with E-state index in [1.165, 1.54) is 30.3 Å². The largest absolute Gasteiger partial charge is 0.478 e. The number of nitrogens with zero attached hydrogens (tertiary/aromatic N) is 2. The van der Waals surface area contributed by atoms with Crippen LogP contribution in [0, 0.1) is 12.7 Å². The summed E-state index contributed by atoms with van der Waals surface area (Å²) < 4.78 is 42.2. The highest BCUT2D eigenvalue weighted by Gasteiger charge is 2.23. The summed E-state index contributed by atoms with van der Waals surface area (Å²) in [6.07, 6.45) is 0. The molecule has 7 nitrogen and oxygen atoms in total. The molecule has 0 saturated carbocycles. The third-order valence-corrected chi connectivity index (χ3v) is 7.16. The van der Waals surface area contributed by atoms with Crippen molar-refractivity contribution in [2.75, 3.05) is 35.8 Å². The summed E-state index contributed by atoms with van der Waals surface area (Å²) in [5.41, 5.74) is 2.53. The monoisotopic (exact) mass is 483 g/mol. The van der Waals surface area contributed by atoms with Gasteiger partial charge in [0.15, 0.2) is 0 Å². The van der Waals surface area contributed by atoms with E-state index >= 15 is 0 Å². The molecule has 0 aromatic heterocycles. The number of hydrogen-bond donors (Lipinski definition) is 2. The van der Waals surface area contributed by atoms with E-state index in [-0.39, 0.29) is 22.0 Å². The molecule has 0 unspecified atom stereocenters. The summed E-state index contributed by atoms with van der Waals surface area (Å²) in [4.78, 5) is 15.9. The summed E-state index contributed by atoms with van der Waals surface area (Å²) >= 11 is 0. The van der Waals surface area contributed by atoms with Crippen LogP contribution in [0.3, 0.4) is 0 Å². The molecule has 1 aliphatic heterocycles. The van der Waals surface area contributed by atoms with E-state index in [2.05, 4.69) is 9.62 Å². The number of aromatic carboxylic acids is 1. The van der Waals surface area contributed by atoms with E-state index in [4.69, 9.17) is 0 Å². The number of carbonyl (C=O) groups is 1. The first-order valence-corrected chi connectivity index (χ1v) is 12.4. The van der Waals surface area contributed by atoms with Gasteiger partial charge in [-0.2, -0.15) is 0 Å². The number of halogens is 1. The number of hydrogen-bond acceptors (Lipinski definition) is 5. The van der Waals surface area contributed by atoms with E-state index < -0.39 is 16.0 Å². The molecule has 2 N–H and O–H groups in total. The second-order valence-corrected chi connectivity index (χ2v) is 10.0. The minimum absolute atomic E-state index is 0.00423. The van der Waals surface area contributed by atoms with Gasteiger partial charge in [0, 0.05) is 32.7 Å². The number of carboxylic acid groups (broad SMARTS) is 1. The fraction of sp³-hybridized carbons (Fsp3) is 0.240. The lowest BCUT2D eigenvalue weighted by molar-refractivity contribution is 0.0697. The Balaban J connectivity index is 1.54. The fourth-order valence-corrected chi connectivity index (χ4v) is 5.22. The van der Waals surface area contributed by atoms with Gasteiger partial charge in [-0.1, -0.05) is 24.3 Å². The molecule has 0 atom stereocenters. The smallest absolute Gasteiger partial charge is 0.335 e. The molecule has 0 bridgehead atoms. The molecule has 4 rings (SSSR count). The van der Waals surface area contributed by atoms with Gasteiger partial charge in [-0.05, 0) is 60.5 Å². The maximum absolute atomic E-state index is 13.5. The van der Waals surface area contributed by atoms with Crippen molar-refractivity contribution in [3.63, 3.8) is 0 Å². The minimum atomic E-state index is -3.91. The first-order valence-electron chi connectivity index (χ1n) is 10.9.